The maximum atomic E-state index is 13.5. The Morgan fingerprint density at radius 1 is 1.23 bits per heavy atom. The maximum absolute atomic E-state index is 13.5. The SMILES string of the molecule is CC1CC(C)CN(C(=O)CNC(=O)c2ccc(F)cc2F)C1. The quantitative estimate of drug-likeness (QED) is 0.930. The number of hydrogen-bond acceptors (Lipinski definition) is 2. The van der Waals surface area contributed by atoms with E-state index in [2.05, 4.69) is 19.2 Å². The summed E-state index contributed by atoms with van der Waals surface area (Å²) in [6.07, 6.45) is 1.08. The predicted octanol–water partition coefficient (Wildman–Crippen LogP) is 2.20. The molecule has 4 nitrogen and oxygen atoms in total. The van der Waals surface area contributed by atoms with E-state index >= 15 is 0 Å². The molecule has 0 spiro atoms. The molecule has 0 aliphatic carbocycles. The highest BCUT2D eigenvalue weighted by Gasteiger charge is 2.25. The van der Waals surface area contributed by atoms with E-state index in [9.17, 15) is 18.4 Å². The highest BCUT2D eigenvalue weighted by Crippen LogP contribution is 2.20. The molecule has 2 amide bonds. The van der Waals surface area contributed by atoms with Crippen molar-refractivity contribution >= 4 is 11.8 Å². The molecule has 6 heteroatoms. The van der Waals surface area contributed by atoms with Gasteiger partial charge in [0.05, 0.1) is 12.1 Å². The van der Waals surface area contributed by atoms with E-state index in [1.807, 2.05) is 0 Å². The molecule has 1 aromatic rings. The van der Waals surface area contributed by atoms with Crippen LogP contribution in [0.4, 0.5) is 8.78 Å². The van der Waals surface area contributed by atoms with Crippen LogP contribution >= 0.6 is 0 Å². The fourth-order valence-corrected chi connectivity index (χ4v) is 2.90. The van der Waals surface area contributed by atoms with Crippen LogP contribution in [0.25, 0.3) is 0 Å². The maximum Gasteiger partial charge on any atom is 0.254 e. The number of halogens is 2. The van der Waals surface area contributed by atoms with Gasteiger partial charge in [0.2, 0.25) is 5.91 Å². The lowest BCUT2D eigenvalue weighted by Crippen LogP contribution is -2.46. The standard InChI is InChI=1S/C16H20F2N2O2/c1-10-5-11(2)9-20(8-10)15(21)7-19-16(22)13-4-3-12(17)6-14(13)18/h3-4,6,10-11H,5,7-9H2,1-2H3,(H,19,22). The number of rotatable bonds is 3. The van der Waals surface area contributed by atoms with Gasteiger partial charge < -0.3 is 10.2 Å². The van der Waals surface area contributed by atoms with Crippen molar-refractivity contribution in [2.45, 2.75) is 20.3 Å². The molecule has 2 rings (SSSR count). The van der Waals surface area contributed by atoms with Crippen molar-refractivity contribution in [2.24, 2.45) is 11.8 Å². The molecule has 1 fully saturated rings. The number of carbonyl (C=O) groups excluding carboxylic acids is 2. The first-order valence-corrected chi connectivity index (χ1v) is 7.38. The van der Waals surface area contributed by atoms with Gasteiger partial charge in [0.1, 0.15) is 11.6 Å². The minimum Gasteiger partial charge on any atom is -0.343 e. The molecule has 0 bridgehead atoms. The van der Waals surface area contributed by atoms with Crippen LogP contribution in [0.2, 0.25) is 0 Å². The molecule has 2 unspecified atom stereocenters. The van der Waals surface area contributed by atoms with Crippen molar-refractivity contribution in [1.29, 1.82) is 0 Å². The number of hydrogen-bond donors (Lipinski definition) is 1. The summed E-state index contributed by atoms with van der Waals surface area (Å²) in [5, 5.41) is 2.39. The Labute approximate surface area is 128 Å². The van der Waals surface area contributed by atoms with E-state index in [0.717, 1.165) is 18.6 Å². The zero-order valence-electron chi connectivity index (χ0n) is 12.7. The number of amides is 2. The zero-order valence-corrected chi connectivity index (χ0v) is 12.7. The summed E-state index contributed by atoms with van der Waals surface area (Å²) in [6.45, 7) is 5.33. The second kappa shape index (κ2) is 6.85. The van der Waals surface area contributed by atoms with Crippen LogP contribution in [0, 0.1) is 23.5 Å². The molecule has 2 atom stereocenters. The summed E-state index contributed by atoms with van der Waals surface area (Å²) < 4.78 is 26.3. The van der Waals surface area contributed by atoms with Crippen LogP contribution < -0.4 is 5.32 Å². The molecule has 0 aromatic heterocycles. The Bertz CT molecular complexity index is 567. The van der Waals surface area contributed by atoms with E-state index in [4.69, 9.17) is 0 Å². The lowest BCUT2D eigenvalue weighted by Gasteiger charge is -2.35. The van der Waals surface area contributed by atoms with Gasteiger partial charge >= 0.3 is 0 Å². The fraction of sp³-hybridized carbons (Fsp3) is 0.500. The van der Waals surface area contributed by atoms with Gasteiger partial charge in [-0.15, -0.1) is 0 Å². The van der Waals surface area contributed by atoms with Crippen LogP contribution in [0.3, 0.4) is 0 Å². The molecule has 1 aromatic carbocycles. The number of nitrogens with one attached hydrogen (secondary N) is 1. The van der Waals surface area contributed by atoms with Gasteiger partial charge in [0.15, 0.2) is 0 Å². The Kier molecular flexibility index (Phi) is 5.11. The van der Waals surface area contributed by atoms with Crippen molar-refractivity contribution in [3.05, 3.63) is 35.4 Å². The molecule has 22 heavy (non-hydrogen) atoms. The summed E-state index contributed by atoms with van der Waals surface area (Å²) in [5.41, 5.74) is -0.269. The van der Waals surface area contributed by atoms with Gasteiger partial charge in [-0.3, -0.25) is 9.59 Å². The van der Waals surface area contributed by atoms with Crippen LogP contribution in [-0.4, -0.2) is 36.3 Å². The number of nitrogens with zero attached hydrogens (tertiary/aromatic N) is 1. The van der Waals surface area contributed by atoms with E-state index in [1.165, 1.54) is 0 Å². The van der Waals surface area contributed by atoms with E-state index in [1.54, 1.807) is 4.90 Å². The van der Waals surface area contributed by atoms with Crippen LogP contribution in [0.1, 0.15) is 30.6 Å². The molecule has 0 radical (unpaired) electrons. The van der Waals surface area contributed by atoms with Crippen molar-refractivity contribution < 1.29 is 18.4 Å². The minimum absolute atomic E-state index is 0.185. The van der Waals surface area contributed by atoms with Crippen LogP contribution in [-0.2, 0) is 4.79 Å². The van der Waals surface area contributed by atoms with E-state index in [-0.39, 0.29) is 18.0 Å². The molecule has 0 saturated carbocycles. The number of piperidine rings is 1. The van der Waals surface area contributed by atoms with E-state index < -0.39 is 17.5 Å². The van der Waals surface area contributed by atoms with E-state index in [0.29, 0.717) is 31.0 Å². The summed E-state index contributed by atoms with van der Waals surface area (Å²) in [5.74, 6) is -1.74. The smallest absolute Gasteiger partial charge is 0.254 e. The molecular weight excluding hydrogens is 290 g/mol. The van der Waals surface area contributed by atoms with Gasteiger partial charge in [0.25, 0.3) is 5.91 Å². The summed E-state index contributed by atoms with van der Waals surface area (Å²) in [6, 6.07) is 2.72. The van der Waals surface area contributed by atoms with Crippen molar-refractivity contribution in [1.82, 2.24) is 10.2 Å². The monoisotopic (exact) mass is 310 g/mol. The lowest BCUT2D eigenvalue weighted by atomic mass is 9.92. The Morgan fingerprint density at radius 2 is 1.86 bits per heavy atom. The van der Waals surface area contributed by atoms with Gasteiger partial charge in [-0.25, -0.2) is 8.78 Å². The first-order chi connectivity index (χ1) is 10.4. The van der Waals surface area contributed by atoms with Gasteiger partial charge in [-0.1, -0.05) is 13.8 Å². The third-order valence-corrected chi connectivity index (χ3v) is 3.80. The Balaban J connectivity index is 1.91. The second-order valence-corrected chi connectivity index (χ2v) is 6.05. The molecule has 1 heterocycles. The first-order valence-electron chi connectivity index (χ1n) is 7.38. The Morgan fingerprint density at radius 3 is 2.45 bits per heavy atom. The molecule has 1 saturated heterocycles. The van der Waals surface area contributed by atoms with Gasteiger partial charge in [-0.05, 0) is 30.4 Å². The average Bonchev–Trinajstić information content (AvgIpc) is 2.43. The highest BCUT2D eigenvalue weighted by atomic mass is 19.1. The summed E-state index contributed by atoms with van der Waals surface area (Å²) >= 11 is 0. The molecular formula is C16H20F2N2O2. The number of likely N-dealkylation sites (tertiary alicyclic amines) is 1. The highest BCUT2D eigenvalue weighted by molar-refractivity contribution is 5.96. The Hall–Kier alpha value is -1.98. The largest absolute Gasteiger partial charge is 0.343 e. The molecule has 1 aliphatic rings. The lowest BCUT2D eigenvalue weighted by molar-refractivity contribution is -0.132. The van der Waals surface area contributed by atoms with Crippen LogP contribution in [0.5, 0.6) is 0 Å². The second-order valence-electron chi connectivity index (χ2n) is 6.05. The fourth-order valence-electron chi connectivity index (χ4n) is 2.90. The zero-order chi connectivity index (χ0) is 16.3. The first kappa shape index (κ1) is 16.4. The normalized spacial score (nSPS) is 21.5. The number of benzene rings is 1. The van der Waals surface area contributed by atoms with Crippen molar-refractivity contribution in [3.8, 4) is 0 Å². The average molecular weight is 310 g/mol. The number of carbonyl (C=O) groups is 2. The summed E-state index contributed by atoms with van der Waals surface area (Å²) in [4.78, 5) is 25.7. The topological polar surface area (TPSA) is 49.4 Å². The minimum atomic E-state index is -0.940. The molecule has 120 valence electrons. The summed E-state index contributed by atoms with van der Waals surface area (Å²) in [7, 11) is 0. The van der Waals surface area contributed by atoms with Crippen LogP contribution in [0.15, 0.2) is 18.2 Å². The van der Waals surface area contributed by atoms with Gasteiger partial charge in [0, 0.05) is 19.2 Å². The van der Waals surface area contributed by atoms with Crippen molar-refractivity contribution in [3.63, 3.8) is 0 Å². The van der Waals surface area contributed by atoms with Gasteiger partial charge in [-0.2, -0.15) is 0 Å². The molecule has 1 aliphatic heterocycles. The third kappa shape index (κ3) is 4.02. The third-order valence-electron chi connectivity index (χ3n) is 3.80. The molecule has 1 N–H and O–H groups in total. The predicted molar refractivity (Wildman–Crippen MR) is 78.2 cm³/mol. The van der Waals surface area contributed by atoms with Crippen molar-refractivity contribution in [2.75, 3.05) is 19.6 Å².